The fraction of sp³-hybridized carbons (Fsp3) is 0.571. The highest BCUT2D eigenvalue weighted by Gasteiger charge is 2.11. The van der Waals surface area contributed by atoms with Gasteiger partial charge in [-0.05, 0) is 62.7 Å². The molecule has 1 rings (SSSR count). The van der Waals surface area contributed by atoms with E-state index >= 15 is 0 Å². The molecule has 0 amide bonds. The summed E-state index contributed by atoms with van der Waals surface area (Å²) in [7, 11) is 3.89. The lowest BCUT2D eigenvalue weighted by Crippen LogP contribution is -2.18. The number of nitrogens with zero attached hydrogens (tertiary/aromatic N) is 1. The van der Waals surface area contributed by atoms with Gasteiger partial charge in [0.25, 0.3) is 0 Å². The van der Waals surface area contributed by atoms with E-state index in [4.69, 9.17) is 4.74 Å². The highest BCUT2D eigenvalue weighted by Crippen LogP contribution is 2.28. The number of rotatable bonds is 4. The van der Waals surface area contributed by atoms with Crippen molar-refractivity contribution < 1.29 is 4.74 Å². The van der Waals surface area contributed by atoms with Crippen molar-refractivity contribution in [1.29, 1.82) is 0 Å². The molecular formula is C14H23NO. The Hall–Kier alpha value is -1.02. The van der Waals surface area contributed by atoms with Crippen LogP contribution in [0.25, 0.3) is 0 Å². The van der Waals surface area contributed by atoms with Crippen molar-refractivity contribution >= 4 is 0 Å². The van der Waals surface area contributed by atoms with Crippen molar-refractivity contribution in [1.82, 2.24) is 4.90 Å². The standard InChI is InChI=1S/C14H23NO/c1-7-15(5)9-13-10(2)8-14(16-6)12(4)11(13)3/h8H,7,9H2,1-6H3. The molecule has 0 spiro atoms. The van der Waals surface area contributed by atoms with E-state index < -0.39 is 0 Å². The molecule has 2 nitrogen and oxygen atoms in total. The normalized spacial score (nSPS) is 10.9. The summed E-state index contributed by atoms with van der Waals surface area (Å²) in [5.74, 6) is 0.998. The molecular weight excluding hydrogens is 198 g/mol. The van der Waals surface area contributed by atoms with Crippen LogP contribution < -0.4 is 4.74 Å². The Morgan fingerprint density at radius 3 is 2.31 bits per heavy atom. The van der Waals surface area contributed by atoms with Crippen molar-refractivity contribution in [3.05, 3.63) is 28.3 Å². The second-order valence-electron chi connectivity index (χ2n) is 4.45. The summed E-state index contributed by atoms with van der Waals surface area (Å²) in [5.41, 5.74) is 5.37. The lowest BCUT2D eigenvalue weighted by Gasteiger charge is -2.20. The van der Waals surface area contributed by atoms with Gasteiger partial charge in [-0.15, -0.1) is 0 Å². The topological polar surface area (TPSA) is 12.5 Å². The average molecular weight is 221 g/mol. The van der Waals surface area contributed by atoms with E-state index in [1.54, 1.807) is 7.11 Å². The van der Waals surface area contributed by atoms with Gasteiger partial charge < -0.3 is 9.64 Å². The van der Waals surface area contributed by atoms with Crippen LogP contribution in [0.1, 0.15) is 29.2 Å². The fourth-order valence-corrected chi connectivity index (χ4v) is 1.94. The predicted octanol–water partition coefficient (Wildman–Crippen LogP) is 3.07. The van der Waals surface area contributed by atoms with Crippen LogP contribution >= 0.6 is 0 Å². The number of aryl methyl sites for hydroxylation is 1. The van der Waals surface area contributed by atoms with Gasteiger partial charge in [-0.1, -0.05) is 6.92 Å². The monoisotopic (exact) mass is 221 g/mol. The first-order valence-corrected chi connectivity index (χ1v) is 5.83. The van der Waals surface area contributed by atoms with E-state index in [1.807, 2.05) is 0 Å². The summed E-state index contributed by atoms with van der Waals surface area (Å²) in [6, 6.07) is 2.14. The Labute approximate surface area is 99.2 Å². The molecule has 0 aliphatic rings. The molecule has 0 saturated heterocycles. The smallest absolute Gasteiger partial charge is 0.122 e. The molecule has 0 radical (unpaired) electrons. The van der Waals surface area contributed by atoms with Crippen molar-refractivity contribution in [3.63, 3.8) is 0 Å². The van der Waals surface area contributed by atoms with Crippen LogP contribution in [0.2, 0.25) is 0 Å². The first-order valence-electron chi connectivity index (χ1n) is 5.83. The maximum absolute atomic E-state index is 5.38. The minimum atomic E-state index is 0.998. The Morgan fingerprint density at radius 1 is 1.19 bits per heavy atom. The first kappa shape index (κ1) is 13.0. The van der Waals surface area contributed by atoms with Crippen LogP contribution in [0.15, 0.2) is 6.07 Å². The molecule has 0 atom stereocenters. The Bertz CT molecular complexity index is 371. The number of hydrogen-bond donors (Lipinski definition) is 0. The van der Waals surface area contributed by atoms with Gasteiger partial charge in [0.05, 0.1) is 7.11 Å². The summed E-state index contributed by atoms with van der Waals surface area (Å²) >= 11 is 0. The molecule has 90 valence electrons. The number of methoxy groups -OCH3 is 1. The molecule has 0 fully saturated rings. The summed E-state index contributed by atoms with van der Waals surface area (Å²) in [5, 5.41) is 0. The Kier molecular flexibility index (Phi) is 4.36. The fourth-order valence-electron chi connectivity index (χ4n) is 1.94. The summed E-state index contributed by atoms with van der Waals surface area (Å²) in [6.07, 6.45) is 0. The largest absolute Gasteiger partial charge is 0.496 e. The molecule has 2 heteroatoms. The second kappa shape index (κ2) is 5.35. The zero-order valence-corrected chi connectivity index (χ0v) is 11.3. The number of benzene rings is 1. The molecule has 0 aliphatic heterocycles. The van der Waals surface area contributed by atoms with E-state index in [0.717, 1.165) is 18.8 Å². The number of ether oxygens (including phenoxy) is 1. The van der Waals surface area contributed by atoms with Gasteiger partial charge in [0.2, 0.25) is 0 Å². The van der Waals surface area contributed by atoms with Crippen LogP contribution in [0, 0.1) is 20.8 Å². The number of hydrogen-bond acceptors (Lipinski definition) is 2. The zero-order valence-electron chi connectivity index (χ0n) is 11.3. The SMILES string of the molecule is CCN(C)Cc1c(C)cc(OC)c(C)c1C. The molecule has 0 aliphatic carbocycles. The summed E-state index contributed by atoms with van der Waals surface area (Å²) < 4.78 is 5.38. The van der Waals surface area contributed by atoms with E-state index in [2.05, 4.69) is 45.7 Å². The predicted molar refractivity (Wildman–Crippen MR) is 69.2 cm³/mol. The second-order valence-corrected chi connectivity index (χ2v) is 4.45. The first-order chi connectivity index (χ1) is 7.51. The molecule has 0 N–H and O–H groups in total. The molecule has 1 aromatic carbocycles. The van der Waals surface area contributed by atoms with Gasteiger partial charge in [-0.25, -0.2) is 0 Å². The molecule has 0 aromatic heterocycles. The zero-order chi connectivity index (χ0) is 12.3. The van der Waals surface area contributed by atoms with E-state index in [0.29, 0.717) is 0 Å². The third-order valence-electron chi connectivity index (χ3n) is 3.40. The molecule has 1 aromatic rings. The Morgan fingerprint density at radius 2 is 1.81 bits per heavy atom. The van der Waals surface area contributed by atoms with Crippen LogP contribution in [0.3, 0.4) is 0 Å². The van der Waals surface area contributed by atoms with Crippen LogP contribution in [0.4, 0.5) is 0 Å². The van der Waals surface area contributed by atoms with Crippen molar-refractivity contribution in [2.75, 3.05) is 20.7 Å². The minimum Gasteiger partial charge on any atom is -0.496 e. The summed E-state index contributed by atoms with van der Waals surface area (Å²) in [6.45, 7) is 10.7. The van der Waals surface area contributed by atoms with Crippen molar-refractivity contribution in [2.45, 2.75) is 34.2 Å². The van der Waals surface area contributed by atoms with Crippen LogP contribution in [0.5, 0.6) is 5.75 Å². The molecule has 0 unspecified atom stereocenters. The highest BCUT2D eigenvalue weighted by atomic mass is 16.5. The van der Waals surface area contributed by atoms with Gasteiger partial charge in [0.1, 0.15) is 5.75 Å². The van der Waals surface area contributed by atoms with Gasteiger partial charge in [-0.3, -0.25) is 0 Å². The maximum atomic E-state index is 5.38. The maximum Gasteiger partial charge on any atom is 0.122 e. The summed E-state index contributed by atoms with van der Waals surface area (Å²) in [4.78, 5) is 2.32. The lowest BCUT2D eigenvalue weighted by atomic mass is 9.97. The van der Waals surface area contributed by atoms with E-state index in [9.17, 15) is 0 Å². The van der Waals surface area contributed by atoms with E-state index in [-0.39, 0.29) is 0 Å². The average Bonchev–Trinajstić information content (AvgIpc) is 2.28. The van der Waals surface area contributed by atoms with Crippen LogP contribution in [-0.4, -0.2) is 25.6 Å². The third kappa shape index (κ3) is 2.56. The quantitative estimate of drug-likeness (QED) is 0.774. The highest BCUT2D eigenvalue weighted by molar-refractivity contribution is 5.48. The molecule has 16 heavy (non-hydrogen) atoms. The molecule has 0 heterocycles. The van der Waals surface area contributed by atoms with Gasteiger partial charge in [-0.2, -0.15) is 0 Å². The van der Waals surface area contributed by atoms with Gasteiger partial charge in [0.15, 0.2) is 0 Å². The molecule has 0 saturated carbocycles. The van der Waals surface area contributed by atoms with Gasteiger partial charge in [0, 0.05) is 6.54 Å². The molecule has 0 bridgehead atoms. The third-order valence-corrected chi connectivity index (χ3v) is 3.40. The van der Waals surface area contributed by atoms with E-state index in [1.165, 1.54) is 22.3 Å². The lowest BCUT2D eigenvalue weighted by molar-refractivity contribution is 0.343. The Balaban J connectivity index is 3.15. The van der Waals surface area contributed by atoms with Crippen molar-refractivity contribution in [2.24, 2.45) is 0 Å². The van der Waals surface area contributed by atoms with Gasteiger partial charge >= 0.3 is 0 Å². The van der Waals surface area contributed by atoms with Crippen LogP contribution in [-0.2, 0) is 6.54 Å². The minimum absolute atomic E-state index is 0.998. The van der Waals surface area contributed by atoms with Crippen molar-refractivity contribution in [3.8, 4) is 5.75 Å².